The van der Waals surface area contributed by atoms with Gasteiger partial charge in [0.05, 0.1) is 24.4 Å². The first-order chi connectivity index (χ1) is 17.3. The zero-order chi connectivity index (χ0) is 25.8. The Morgan fingerprint density at radius 1 is 1.22 bits per heavy atom. The topological polar surface area (TPSA) is 68.0 Å². The second kappa shape index (κ2) is 12.5. The number of nitrogens with two attached hydrogens (primary N) is 1. The van der Waals surface area contributed by atoms with Gasteiger partial charge in [0.1, 0.15) is 6.10 Å². The molecule has 3 heterocycles. The Bertz CT molecular complexity index is 845. The SMILES string of the molecule is CC[C@H]1O[C@@H](/C(C)=C/[C@H](C)/C=C/[C@H]2[C@@H](C)[C@@H]2/C=C/[C@@H]2O[C@H](CCN3CCC3)C[C@H](N)[C@H]2O)CC=C1C. The minimum Gasteiger partial charge on any atom is -0.388 e. The first kappa shape index (κ1) is 27.8. The van der Waals surface area contributed by atoms with Gasteiger partial charge in [0.2, 0.25) is 0 Å². The van der Waals surface area contributed by atoms with E-state index < -0.39 is 6.10 Å². The van der Waals surface area contributed by atoms with Gasteiger partial charge in [-0.25, -0.2) is 0 Å². The zero-order valence-corrected chi connectivity index (χ0v) is 23.2. The molecule has 0 spiro atoms. The van der Waals surface area contributed by atoms with E-state index in [0.717, 1.165) is 32.2 Å². The van der Waals surface area contributed by atoms with E-state index in [-0.39, 0.29) is 30.5 Å². The van der Waals surface area contributed by atoms with Crippen molar-refractivity contribution in [2.24, 2.45) is 29.4 Å². The number of ether oxygens (including phenoxy) is 2. The highest BCUT2D eigenvalue weighted by atomic mass is 16.5. The third-order valence-corrected chi connectivity index (χ3v) is 8.95. The third kappa shape index (κ3) is 6.99. The van der Waals surface area contributed by atoms with E-state index in [4.69, 9.17) is 15.2 Å². The first-order valence-corrected chi connectivity index (χ1v) is 14.4. The summed E-state index contributed by atoms with van der Waals surface area (Å²) in [6, 6.07) is -0.210. The molecule has 5 heteroatoms. The molecule has 0 aromatic heterocycles. The van der Waals surface area contributed by atoms with Gasteiger partial charge in [-0.3, -0.25) is 0 Å². The lowest BCUT2D eigenvalue weighted by Crippen LogP contribution is -2.52. The van der Waals surface area contributed by atoms with E-state index in [0.29, 0.717) is 23.7 Å². The van der Waals surface area contributed by atoms with Crippen molar-refractivity contribution in [2.75, 3.05) is 19.6 Å². The fourth-order valence-electron chi connectivity index (χ4n) is 6.07. The molecule has 4 rings (SSSR count). The number of allylic oxidation sites excluding steroid dienone is 4. The normalized spacial score (nSPS) is 40.9. The quantitative estimate of drug-likeness (QED) is 0.414. The molecule has 0 bridgehead atoms. The predicted molar refractivity (Wildman–Crippen MR) is 148 cm³/mol. The van der Waals surface area contributed by atoms with E-state index in [9.17, 15) is 5.11 Å². The van der Waals surface area contributed by atoms with Gasteiger partial charge in [0.15, 0.2) is 0 Å². The summed E-state index contributed by atoms with van der Waals surface area (Å²) in [7, 11) is 0. The maximum Gasteiger partial charge on any atom is 0.103 e. The number of aliphatic hydroxyl groups excluding tert-OH is 1. The van der Waals surface area contributed by atoms with E-state index in [1.807, 2.05) is 0 Å². The highest BCUT2D eigenvalue weighted by molar-refractivity contribution is 5.20. The van der Waals surface area contributed by atoms with Crippen LogP contribution in [-0.2, 0) is 9.47 Å². The first-order valence-electron chi connectivity index (χ1n) is 14.4. The van der Waals surface area contributed by atoms with Crippen LogP contribution in [0.25, 0.3) is 0 Å². The summed E-state index contributed by atoms with van der Waals surface area (Å²) in [5.41, 5.74) is 8.98. The number of likely N-dealkylation sites (tertiary alicyclic amines) is 1. The molecule has 0 unspecified atom stereocenters. The van der Waals surface area contributed by atoms with Gasteiger partial charge in [-0.05, 0) is 93.9 Å². The van der Waals surface area contributed by atoms with Crippen LogP contribution in [0, 0.1) is 23.7 Å². The molecule has 3 aliphatic heterocycles. The van der Waals surface area contributed by atoms with E-state index in [1.165, 1.54) is 30.7 Å². The molecule has 4 aliphatic rings. The number of hydrogen-bond acceptors (Lipinski definition) is 5. The van der Waals surface area contributed by atoms with Gasteiger partial charge in [0.25, 0.3) is 0 Å². The average Bonchev–Trinajstić information content (AvgIpc) is 3.45. The van der Waals surface area contributed by atoms with Crippen molar-refractivity contribution >= 4 is 0 Å². The Labute approximate surface area is 219 Å². The number of aliphatic hydroxyl groups is 1. The summed E-state index contributed by atoms with van der Waals surface area (Å²) in [5, 5.41) is 10.6. The number of hydrogen-bond donors (Lipinski definition) is 2. The van der Waals surface area contributed by atoms with Crippen LogP contribution in [0.1, 0.15) is 66.7 Å². The highest BCUT2D eigenvalue weighted by Crippen LogP contribution is 2.48. The third-order valence-electron chi connectivity index (χ3n) is 8.95. The van der Waals surface area contributed by atoms with E-state index in [1.54, 1.807) is 0 Å². The van der Waals surface area contributed by atoms with Crippen LogP contribution in [0.4, 0.5) is 0 Å². The fraction of sp³-hybridized carbons (Fsp3) is 0.742. The monoisotopic (exact) mass is 498 g/mol. The molecule has 5 nitrogen and oxygen atoms in total. The van der Waals surface area contributed by atoms with Crippen LogP contribution in [-0.4, -0.2) is 66.2 Å². The summed E-state index contributed by atoms with van der Waals surface area (Å²) >= 11 is 0. The molecule has 10 atom stereocenters. The minimum atomic E-state index is -0.620. The zero-order valence-electron chi connectivity index (χ0n) is 23.2. The largest absolute Gasteiger partial charge is 0.388 e. The molecule has 202 valence electrons. The lowest BCUT2D eigenvalue weighted by molar-refractivity contribution is -0.109. The van der Waals surface area contributed by atoms with Crippen LogP contribution >= 0.6 is 0 Å². The summed E-state index contributed by atoms with van der Waals surface area (Å²) in [6.45, 7) is 14.6. The average molecular weight is 499 g/mol. The summed E-state index contributed by atoms with van der Waals surface area (Å²) in [4.78, 5) is 2.47. The second-order valence-corrected chi connectivity index (χ2v) is 11.9. The maximum absolute atomic E-state index is 10.6. The van der Waals surface area contributed by atoms with Crippen molar-refractivity contribution in [3.8, 4) is 0 Å². The van der Waals surface area contributed by atoms with Crippen molar-refractivity contribution < 1.29 is 14.6 Å². The Hall–Kier alpha value is -1.24. The minimum absolute atomic E-state index is 0.141. The van der Waals surface area contributed by atoms with Crippen LogP contribution in [0.15, 0.2) is 47.6 Å². The van der Waals surface area contributed by atoms with Crippen LogP contribution < -0.4 is 5.73 Å². The number of rotatable bonds is 10. The van der Waals surface area contributed by atoms with Crippen molar-refractivity contribution in [2.45, 2.75) is 103 Å². The lowest BCUT2D eigenvalue weighted by atomic mass is 9.93. The molecule has 0 amide bonds. The molecule has 0 aromatic rings. The summed E-state index contributed by atoms with van der Waals surface area (Å²) < 4.78 is 12.6. The Kier molecular flexibility index (Phi) is 9.68. The van der Waals surface area contributed by atoms with Gasteiger partial charge < -0.3 is 25.2 Å². The smallest absolute Gasteiger partial charge is 0.103 e. The molecule has 1 saturated carbocycles. The number of nitrogens with zero attached hydrogens (tertiary/aromatic N) is 1. The van der Waals surface area contributed by atoms with Crippen LogP contribution in [0.5, 0.6) is 0 Å². The summed E-state index contributed by atoms with van der Waals surface area (Å²) in [5.74, 6) is 2.06. The highest BCUT2D eigenvalue weighted by Gasteiger charge is 2.43. The molecule has 2 saturated heterocycles. The van der Waals surface area contributed by atoms with Crippen molar-refractivity contribution in [3.05, 3.63) is 47.6 Å². The van der Waals surface area contributed by atoms with E-state index in [2.05, 4.69) is 76.0 Å². The van der Waals surface area contributed by atoms with Crippen molar-refractivity contribution in [1.29, 1.82) is 0 Å². The van der Waals surface area contributed by atoms with Crippen molar-refractivity contribution in [1.82, 2.24) is 4.90 Å². The van der Waals surface area contributed by atoms with Gasteiger partial charge in [-0.2, -0.15) is 0 Å². The van der Waals surface area contributed by atoms with Gasteiger partial charge in [0, 0.05) is 12.6 Å². The lowest BCUT2D eigenvalue weighted by Gasteiger charge is -2.38. The van der Waals surface area contributed by atoms with Crippen LogP contribution in [0.3, 0.4) is 0 Å². The molecule has 1 aliphatic carbocycles. The molecule has 3 N–H and O–H groups in total. The molecular weight excluding hydrogens is 448 g/mol. The Morgan fingerprint density at radius 3 is 2.67 bits per heavy atom. The van der Waals surface area contributed by atoms with E-state index >= 15 is 0 Å². The molecular formula is C31H50N2O3. The standard InChI is InChI=1S/C31H50N2O3/c1-6-28-21(3)9-12-29(36-28)22(4)18-20(2)8-10-25-23(5)26(25)11-13-30-31(34)27(32)19-24(35-30)14-17-33-15-7-16-33/h8-11,13,18,20,23-31,34H,6-7,12,14-17,19,32H2,1-5H3/b10-8+,13-11+,22-18+/t20-,23-,24-,25+,26+,27+,28-,29-,30+,31-/m1/s1. The Morgan fingerprint density at radius 2 is 1.97 bits per heavy atom. The second-order valence-electron chi connectivity index (χ2n) is 11.9. The van der Waals surface area contributed by atoms with Crippen LogP contribution in [0.2, 0.25) is 0 Å². The molecule has 3 fully saturated rings. The van der Waals surface area contributed by atoms with Crippen molar-refractivity contribution in [3.63, 3.8) is 0 Å². The predicted octanol–water partition coefficient (Wildman–Crippen LogP) is 5.02. The summed E-state index contributed by atoms with van der Waals surface area (Å²) in [6.07, 6.45) is 18.5. The van der Waals surface area contributed by atoms with Gasteiger partial charge in [-0.15, -0.1) is 0 Å². The Balaban J connectivity index is 1.26. The van der Waals surface area contributed by atoms with Gasteiger partial charge in [-0.1, -0.05) is 57.2 Å². The fourth-order valence-corrected chi connectivity index (χ4v) is 6.07. The molecule has 0 aromatic carbocycles. The molecule has 0 radical (unpaired) electrons. The molecule has 36 heavy (non-hydrogen) atoms. The van der Waals surface area contributed by atoms with Gasteiger partial charge >= 0.3 is 0 Å². The maximum atomic E-state index is 10.6.